The summed E-state index contributed by atoms with van der Waals surface area (Å²) in [6, 6.07) is 8.98. The summed E-state index contributed by atoms with van der Waals surface area (Å²) in [5.74, 6) is 1.51. The molecule has 2 aliphatic rings. The molecular formula is C17H24N2O. The molecule has 0 spiro atoms. The maximum Gasteiger partial charge on any atom is 0.226 e. The number of rotatable bonds is 3. The fourth-order valence-electron chi connectivity index (χ4n) is 3.19. The van der Waals surface area contributed by atoms with Crippen molar-refractivity contribution in [2.24, 2.45) is 11.7 Å². The Labute approximate surface area is 121 Å². The van der Waals surface area contributed by atoms with Crippen LogP contribution in [0.5, 0.6) is 0 Å². The normalized spacial score (nSPS) is 29.0. The average molecular weight is 272 g/mol. The Kier molecular flexibility index (Phi) is 3.55. The summed E-state index contributed by atoms with van der Waals surface area (Å²) < 4.78 is 0. The SMILES string of the molecule is CC(C)c1ccc(C2CC2C(=O)N2CC[C@@H](N)C2)cc1. The standard InChI is InChI=1S/C17H24N2O/c1-11(2)12-3-5-13(6-4-12)15-9-16(15)17(20)19-8-7-14(18)10-19/h3-6,11,14-16H,7-10,18H2,1-2H3/t14-,15?,16?/m1/s1. The summed E-state index contributed by atoms with van der Waals surface area (Å²) in [6.45, 7) is 5.99. The first kappa shape index (κ1) is 13.6. The molecule has 1 saturated carbocycles. The molecule has 20 heavy (non-hydrogen) atoms. The van der Waals surface area contributed by atoms with Gasteiger partial charge >= 0.3 is 0 Å². The van der Waals surface area contributed by atoms with Crippen molar-refractivity contribution in [3.63, 3.8) is 0 Å². The lowest BCUT2D eigenvalue weighted by Crippen LogP contribution is -2.33. The Morgan fingerprint density at radius 3 is 2.55 bits per heavy atom. The van der Waals surface area contributed by atoms with Gasteiger partial charge in [0.05, 0.1) is 0 Å². The van der Waals surface area contributed by atoms with E-state index in [1.807, 2.05) is 4.90 Å². The quantitative estimate of drug-likeness (QED) is 0.919. The van der Waals surface area contributed by atoms with Crippen LogP contribution in [0, 0.1) is 5.92 Å². The minimum absolute atomic E-state index is 0.182. The maximum atomic E-state index is 12.4. The predicted molar refractivity (Wildman–Crippen MR) is 80.6 cm³/mol. The van der Waals surface area contributed by atoms with Crippen LogP contribution in [0.3, 0.4) is 0 Å². The molecule has 1 aliphatic carbocycles. The molecule has 3 atom stereocenters. The second-order valence-electron chi connectivity index (χ2n) is 6.60. The molecule has 108 valence electrons. The highest BCUT2D eigenvalue weighted by molar-refractivity contribution is 5.83. The Balaban J connectivity index is 1.62. The van der Waals surface area contributed by atoms with Crippen LogP contribution in [0.25, 0.3) is 0 Å². The van der Waals surface area contributed by atoms with Gasteiger partial charge < -0.3 is 10.6 Å². The highest BCUT2D eigenvalue weighted by Gasteiger charge is 2.46. The van der Waals surface area contributed by atoms with Gasteiger partial charge in [0, 0.05) is 25.0 Å². The lowest BCUT2D eigenvalue weighted by Gasteiger charge is -2.15. The first-order valence-corrected chi connectivity index (χ1v) is 7.70. The minimum atomic E-state index is 0.182. The van der Waals surface area contributed by atoms with E-state index in [9.17, 15) is 4.79 Å². The van der Waals surface area contributed by atoms with Crippen LogP contribution in [0.4, 0.5) is 0 Å². The second-order valence-corrected chi connectivity index (χ2v) is 6.60. The van der Waals surface area contributed by atoms with E-state index in [0.29, 0.717) is 17.7 Å². The predicted octanol–water partition coefficient (Wildman–Crippen LogP) is 2.47. The number of benzene rings is 1. The molecule has 2 fully saturated rings. The summed E-state index contributed by atoms with van der Waals surface area (Å²) in [4.78, 5) is 14.3. The topological polar surface area (TPSA) is 46.3 Å². The van der Waals surface area contributed by atoms with Crippen LogP contribution in [0.2, 0.25) is 0 Å². The first-order valence-electron chi connectivity index (χ1n) is 7.70. The zero-order valence-corrected chi connectivity index (χ0v) is 12.4. The van der Waals surface area contributed by atoms with Crippen LogP contribution in [0.1, 0.15) is 49.7 Å². The van der Waals surface area contributed by atoms with Crippen LogP contribution < -0.4 is 5.73 Å². The van der Waals surface area contributed by atoms with Gasteiger partial charge in [-0.25, -0.2) is 0 Å². The molecule has 3 rings (SSSR count). The Morgan fingerprint density at radius 2 is 2.00 bits per heavy atom. The summed E-state index contributed by atoms with van der Waals surface area (Å²) in [5.41, 5.74) is 8.56. The van der Waals surface area contributed by atoms with Crippen molar-refractivity contribution in [1.82, 2.24) is 4.90 Å². The van der Waals surface area contributed by atoms with E-state index >= 15 is 0 Å². The summed E-state index contributed by atoms with van der Waals surface area (Å²) >= 11 is 0. The van der Waals surface area contributed by atoms with Crippen LogP contribution in [0.15, 0.2) is 24.3 Å². The number of nitrogens with zero attached hydrogens (tertiary/aromatic N) is 1. The average Bonchev–Trinajstić information content (AvgIpc) is 3.13. The third-order valence-corrected chi connectivity index (χ3v) is 4.68. The fraction of sp³-hybridized carbons (Fsp3) is 0.588. The van der Waals surface area contributed by atoms with E-state index in [0.717, 1.165) is 25.9 Å². The molecule has 1 saturated heterocycles. The van der Waals surface area contributed by atoms with Gasteiger partial charge in [0.1, 0.15) is 0 Å². The lowest BCUT2D eigenvalue weighted by atomic mass is 10.00. The van der Waals surface area contributed by atoms with E-state index in [-0.39, 0.29) is 12.0 Å². The van der Waals surface area contributed by atoms with E-state index in [4.69, 9.17) is 5.73 Å². The molecule has 3 nitrogen and oxygen atoms in total. The van der Waals surface area contributed by atoms with Gasteiger partial charge in [-0.05, 0) is 35.8 Å². The van der Waals surface area contributed by atoms with E-state index in [1.54, 1.807) is 0 Å². The summed E-state index contributed by atoms with van der Waals surface area (Å²) in [7, 11) is 0. The van der Waals surface area contributed by atoms with Crippen LogP contribution in [-0.4, -0.2) is 29.9 Å². The second kappa shape index (κ2) is 5.21. The molecule has 1 heterocycles. The number of likely N-dealkylation sites (tertiary alicyclic amines) is 1. The minimum Gasteiger partial charge on any atom is -0.341 e. The van der Waals surface area contributed by atoms with Gasteiger partial charge in [-0.3, -0.25) is 4.79 Å². The zero-order valence-electron chi connectivity index (χ0n) is 12.4. The maximum absolute atomic E-state index is 12.4. The van der Waals surface area contributed by atoms with Crippen LogP contribution in [-0.2, 0) is 4.79 Å². The van der Waals surface area contributed by atoms with Crippen molar-refractivity contribution in [2.45, 2.75) is 44.6 Å². The molecule has 2 unspecified atom stereocenters. The molecular weight excluding hydrogens is 248 g/mol. The number of hydrogen-bond donors (Lipinski definition) is 1. The Hall–Kier alpha value is -1.35. The van der Waals surface area contributed by atoms with Gasteiger partial charge in [-0.1, -0.05) is 38.1 Å². The number of carbonyl (C=O) groups excluding carboxylic acids is 1. The Morgan fingerprint density at radius 1 is 1.30 bits per heavy atom. The highest BCUT2D eigenvalue weighted by Crippen LogP contribution is 2.48. The number of amides is 1. The third-order valence-electron chi connectivity index (χ3n) is 4.68. The van der Waals surface area contributed by atoms with E-state index in [1.165, 1.54) is 11.1 Å². The van der Waals surface area contributed by atoms with Crippen molar-refractivity contribution in [1.29, 1.82) is 0 Å². The van der Waals surface area contributed by atoms with E-state index < -0.39 is 0 Å². The molecule has 1 aliphatic heterocycles. The summed E-state index contributed by atoms with van der Waals surface area (Å²) in [6.07, 6.45) is 1.96. The van der Waals surface area contributed by atoms with Crippen molar-refractivity contribution in [2.75, 3.05) is 13.1 Å². The van der Waals surface area contributed by atoms with Gasteiger partial charge in [0.15, 0.2) is 0 Å². The molecule has 1 amide bonds. The Bertz CT molecular complexity index is 494. The molecule has 0 aromatic heterocycles. The number of nitrogens with two attached hydrogens (primary N) is 1. The lowest BCUT2D eigenvalue weighted by molar-refractivity contribution is -0.131. The van der Waals surface area contributed by atoms with Crippen LogP contribution >= 0.6 is 0 Å². The number of carbonyl (C=O) groups is 1. The van der Waals surface area contributed by atoms with Gasteiger partial charge in [-0.2, -0.15) is 0 Å². The number of hydrogen-bond acceptors (Lipinski definition) is 2. The third kappa shape index (κ3) is 2.59. The molecule has 0 bridgehead atoms. The van der Waals surface area contributed by atoms with Crippen molar-refractivity contribution in [3.05, 3.63) is 35.4 Å². The van der Waals surface area contributed by atoms with Gasteiger partial charge in [-0.15, -0.1) is 0 Å². The molecule has 0 radical (unpaired) electrons. The van der Waals surface area contributed by atoms with E-state index in [2.05, 4.69) is 38.1 Å². The van der Waals surface area contributed by atoms with Gasteiger partial charge in [0.2, 0.25) is 5.91 Å². The monoisotopic (exact) mass is 272 g/mol. The fourth-order valence-corrected chi connectivity index (χ4v) is 3.19. The molecule has 3 heteroatoms. The van der Waals surface area contributed by atoms with Crippen molar-refractivity contribution < 1.29 is 4.79 Å². The highest BCUT2D eigenvalue weighted by atomic mass is 16.2. The molecule has 2 N–H and O–H groups in total. The van der Waals surface area contributed by atoms with Crippen molar-refractivity contribution >= 4 is 5.91 Å². The molecule has 1 aromatic rings. The van der Waals surface area contributed by atoms with Crippen molar-refractivity contribution in [3.8, 4) is 0 Å². The summed E-state index contributed by atoms with van der Waals surface area (Å²) in [5, 5.41) is 0. The smallest absolute Gasteiger partial charge is 0.226 e. The first-order chi connectivity index (χ1) is 9.56. The van der Waals surface area contributed by atoms with Gasteiger partial charge in [0.25, 0.3) is 0 Å². The molecule has 1 aromatic carbocycles. The zero-order chi connectivity index (χ0) is 14.3. The largest absolute Gasteiger partial charge is 0.341 e.